The minimum Gasteiger partial charge on any atom is -0.480 e. The van der Waals surface area contributed by atoms with E-state index in [1.807, 2.05) is 84.1 Å². The van der Waals surface area contributed by atoms with Crippen molar-refractivity contribution < 1.29 is 51.5 Å². The Bertz CT molecular complexity index is 1220. The van der Waals surface area contributed by atoms with Crippen molar-refractivity contribution in [1.82, 2.24) is 4.68 Å². The highest BCUT2D eigenvalue weighted by Crippen LogP contribution is 2.38. The van der Waals surface area contributed by atoms with E-state index in [1.54, 1.807) is 6.07 Å². The van der Waals surface area contributed by atoms with Gasteiger partial charge < -0.3 is 4.74 Å². The van der Waals surface area contributed by atoms with Crippen LogP contribution in [0.25, 0.3) is 22.5 Å². The molecule has 0 saturated carbocycles. The third-order valence-electron chi connectivity index (χ3n) is 5.26. The molecule has 0 N–H and O–H groups in total. The van der Waals surface area contributed by atoms with E-state index in [4.69, 9.17) is 23.4 Å². The predicted molar refractivity (Wildman–Crippen MR) is 113 cm³/mol. The fourth-order valence-corrected chi connectivity index (χ4v) is 3.66. The van der Waals surface area contributed by atoms with Gasteiger partial charge in [0.1, 0.15) is 6.61 Å². The molecule has 0 aliphatic rings. The smallest absolute Gasteiger partial charge is 0.416 e. The molecule has 11 heteroatoms. The van der Waals surface area contributed by atoms with E-state index < -0.39 is 22.0 Å². The molecule has 36 heavy (non-hydrogen) atoms. The zero-order valence-electron chi connectivity index (χ0n) is 19.2. The summed E-state index contributed by atoms with van der Waals surface area (Å²) in [7, 11) is -1.07. The van der Waals surface area contributed by atoms with Crippen LogP contribution in [-0.2, 0) is 26.9 Å². The van der Waals surface area contributed by atoms with E-state index >= 15 is 0 Å². The minimum absolute atomic E-state index is 0.0214. The molecule has 0 bridgehead atoms. The molecule has 0 unspecified atom stereocenters. The average molecular weight is 523 g/mol. The first-order valence-corrected chi connectivity index (χ1v) is 11.7. The molecule has 7 nitrogen and oxygen atoms in total. The maximum absolute atomic E-state index is 13.1. The Morgan fingerprint density at radius 1 is 0.833 bits per heavy atom. The van der Waals surface area contributed by atoms with Crippen LogP contribution in [0.3, 0.4) is 0 Å². The van der Waals surface area contributed by atoms with Gasteiger partial charge in [-0.25, -0.2) is 18.6 Å². The Morgan fingerprint density at radius 2 is 1.36 bits per heavy atom. The topological polar surface area (TPSA) is 110 Å². The van der Waals surface area contributed by atoms with Crippen LogP contribution in [0.15, 0.2) is 84.9 Å². The SMILES string of the molecule is Cn1c(-c2ccccc2)c(OCc2cccc(C(F)(F)F)c2)c(-c2ccccc2)[n+]1C.[O-][Cl+3]([O-])([O-])[O-]. The Morgan fingerprint density at radius 3 is 1.89 bits per heavy atom. The monoisotopic (exact) mass is 522 g/mol. The van der Waals surface area contributed by atoms with E-state index in [2.05, 4.69) is 0 Å². The molecule has 0 saturated heterocycles. The minimum atomic E-state index is -4.94. The van der Waals surface area contributed by atoms with Crippen molar-refractivity contribution in [1.29, 1.82) is 0 Å². The zero-order chi connectivity index (χ0) is 26.5. The van der Waals surface area contributed by atoms with Crippen molar-refractivity contribution in [3.63, 3.8) is 0 Å². The van der Waals surface area contributed by atoms with Crippen molar-refractivity contribution in [2.75, 3.05) is 0 Å². The molecule has 0 aliphatic heterocycles. The van der Waals surface area contributed by atoms with Crippen molar-refractivity contribution in [3.05, 3.63) is 96.1 Å². The molecule has 0 spiro atoms. The summed E-state index contributed by atoms with van der Waals surface area (Å²) in [5.74, 6) is 0.625. The summed E-state index contributed by atoms with van der Waals surface area (Å²) < 4.78 is 83.5. The van der Waals surface area contributed by atoms with Crippen LogP contribution in [0.4, 0.5) is 13.2 Å². The lowest BCUT2D eigenvalue weighted by atomic mass is 10.1. The summed E-state index contributed by atoms with van der Waals surface area (Å²) >= 11 is 0. The van der Waals surface area contributed by atoms with Gasteiger partial charge in [-0.05, 0) is 29.8 Å². The molecule has 3 aromatic carbocycles. The number of nitrogens with zero attached hydrogens (tertiary/aromatic N) is 2. The van der Waals surface area contributed by atoms with Crippen LogP contribution in [-0.4, -0.2) is 4.68 Å². The summed E-state index contributed by atoms with van der Waals surface area (Å²) in [5.41, 5.74) is 3.41. The molecule has 1 heterocycles. The van der Waals surface area contributed by atoms with Crippen LogP contribution in [0.2, 0.25) is 0 Å². The highest BCUT2D eigenvalue weighted by Gasteiger charge is 2.32. The maximum atomic E-state index is 13.1. The highest BCUT2D eigenvalue weighted by atomic mass is 35.7. The first kappa shape index (κ1) is 27.2. The van der Waals surface area contributed by atoms with E-state index in [9.17, 15) is 13.2 Å². The predicted octanol–water partition coefficient (Wildman–Crippen LogP) is 1.03. The van der Waals surface area contributed by atoms with Gasteiger partial charge in [-0.15, -0.1) is 14.9 Å². The van der Waals surface area contributed by atoms with Gasteiger partial charge in [-0.3, -0.25) is 0 Å². The standard InChI is InChI=1S/C25H22F3N2O.ClHO4/c1-29-22(19-11-5-3-6-12-19)24(23(30(29)2)20-13-7-4-8-14-20)31-17-18-10-9-15-21(16-18)25(26,27)28;2-1(3,4)5/h3-16H,17H2,1-2H3;(H,2,3,4,5)/q+1;/p-1. The quantitative estimate of drug-likeness (QED) is 0.364. The van der Waals surface area contributed by atoms with Gasteiger partial charge in [0.2, 0.25) is 5.75 Å². The van der Waals surface area contributed by atoms with Gasteiger partial charge in [-0.2, -0.15) is 17.9 Å². The second-order valence-corrected chi connectivity index (χ2v) is 8.43. The summed E-state index contributed by atoms with van der Waals surface area (Å²) in [5, 5.41) is 0. The second kappa shape index (κ2) is 11.1. The van der Waals surface area contributed by atoms with Crippen LogP contribution in [0, 0.1) is 10.2 Å². The average Bonchev–Trinajstić information content (AvgIpc) is 3.07. The number of ether oxygens (including phenoxy) is 1. The van der Waals surface area contributed by atoms with E-state index in [-0.39, 0.29) is 6.61 Å². The first-order chi connectivity index (χ1) is 16.9. The summed E-state index contributed by atoms with van der Waals surface area (Å²) in [4.78, 5) is 0. The highest BCUT2D eigenvalue weighted by molar-refractivity contribution is 5.76. The Kier molecular flexibility index (Phi) is 8.39. The van der Waals surface area contributed by atoms with Crippen molar-refractivity contribution in [2.24, 2.45) is 14.1 Å². The molecule has 0 fully saturated rings. The summed E-state index contributed by atoms with van der Waals surface area (Å²) in [6, 6.07) is 24.9. The van der Waals surface area contributed by atoms with Gasteiger partial charge in [0.25, 0.3) is 5.69 Å². The molecule has 0 amide bonds. The number of benzene rings is 3. The summed E-state index contributed by atoms with van der Waals surface area (Å²) in [6.07, 6.45) is -4.39. The zero-order valence-corrected chi connectivity index (χ0v) is 20.0. The number of hydrogen-bond donors (Lipinski definition) is 0. The third-order valence-corrected chi connectivity index (χ3v) is 5.26. The third kappa shape index (κ3) is 7.06. The molecule has 0 aliphatic carbocycles. The van der Waals surface area contributed by atoms with Gasteiger partial charge in [0.15, 0.2) is 12.7 Å². The van der Waals surface area contributed by atoms with Crippen LogP contribution in [0.1, 0.15) is 11.1 Å². The molecule has 4 rings (SSSR count). The Labute approximate surface area is 207 Å². The molecule has 1 aromatic heterocycles. The maximum Gasteiger partial charge on any atom is 0.416 e. The van der Waals surface area contributed by atoms with Crippen LogP contribution < -0.4 is 28.1 Å². The lowest BCUT2D eigenvalue weighted by Gasteiger charge is -2.17. The number of aromatic nitrogens is 2. The molecule has 0 atom stereocenters. The molecule has 190 valence electrons. The van der Waals surface area contributed by atoms with Gasteiger partial charge in [-0.1, -0.05) is 60.7 Å². The first-order valence-electron chi connectivity index (χ1n) is 10.5. The fraction of sp³-hybridized carbons (Fsp3) is 0.160. The molecular formula is C25H22ClF3N2O5. The van der Waals surface area contributed by atoms with Crippen molar-refractivity contribution in [3.8, 4) is 28.3 Å². The number of halogens is 4. The number of rotatable bonds is 5. The molecule has 0 radical (unpaired) electrons. The summed E-state index contributed by atoms with van der Waals surface area (Å²) in [6.45, 7) is 0.0214. The number of hydrogen-bond acceptors (Lipinski definition) is 5. The van der Waals surface area contributed by atoms with Crippen LogP contribution in [0.5, 0.6) is 5.75 Å². The second-order valence-electron chi connectivity index (χ2n) is 7.67. The van der Waals surface area contributed by atoms with Crippen LogP contribution >= 0.6 is 0 Å². The Balaban J connectivity index is 0.000000658. The fourth-order valence-electron chi connectivity index (χ4n) is 3.66. The van der Waals surface area contributed by atoms with E-state index in [1.165, 1.54) is 6.07 Å². The largest absolute Gasteiger partial charge is 0.480 e. The van der Waals surface area contributed by atoms with Crippen molar-refractivity contribution in [2.45, 2.75) is 12.8 Å². The molecular weight excluding hydrogens is 501 g/mol. The Hall–Kier alpha value is -3.41. The van der Waals surface area contributed by atoms with E-state index in [0.717, 1.165) is 34.6 Å². The number of alkyl halides is 3. The normalized spacial score (nSPS) is 11.6. The van der Waals surface area contributed by atoms with E-state index in [0.29, 0.717) is 11.3 Å². The lowest BCUT2D eigenvalue weighted by Crippen LogP contribution is -2.68. The van der Waals surface area contributed by atoms with Crippen molar-refractivity contribution >= 4 is 0 Å². The van der Waals surface area contributed by atoms with Gasteiger partial charge >= 0.3 is 6.18 Å². The van der Waals surface area contributed by atoms with Gasteiger partial charge in [0, 0.05) is 5.56 Å². The molecule has 4 aromatic rings. The lowest BCUT2D eigenvalue weighted by molar-refractivity contribution is -2.00. The van der Waals surface area contributed by atoms with Gasteiger partial charge in [0.05, 0.1) is 18.2 Å².